The lowest BCUT2D eigenvalue weighted by molar-refractivity contribution is -0.111. The van der Waals surface area contributed by atoms with Crippen LogP contribution in [0.5, 0.6) is 5.75 Å². The molecule has 0 aliphatic rings. The Labute approximate surface area is 199 Å². The molecule has 0 radical (unpaired) electrons. The minimum Gasteiger partial charge on any atom is -0.493 e. The number of ether oxygens (including phenoxy) is 1. The average molecular weight is 458 g/mol. The number of carbonyl (C=O) groups excluding carboxylic acids is 1. The number of rotatable bonds is 7. The molecule has 4 rings (SSSR count). The highest BCUT2D eigenvalue weighted by Gasteiger charge is 2.15. The first-order chi connectivity index (χ1) is 16.4. The van der Waals surface area contributed by atoms with E-state index in [1.807, 2.05) is 50.2 Å². The Morgan fingerprint density at radius 1 is 1.09 bits per heavy atom. The number of allylic oxidation sites excluding steroid dienone is 1. The maximum absolute atomic E-state index is 13.4. The van der Waals surface area contributed by atoms with E-state index in [1.165, 1.54) is 17.7 Å². The summed E-state index contributed by atoms with van der Waals surface area (Å²) in [5.41, 5.74) is 5.87. The van der Waals surface area contributed by atoms with Gasteiger partial charge in [0.1, 0.15) is 17.1 Å². The van der Waals surface area contributed by atoms with Gasteiger partial charge in [-0.1, -0.05) is 38.1 Å². The number of hydrogen-bond acceptors (Lipinski definition) is 3. The highest BCUT2D eigenvalue weighted by molar-refractivity contribution is 6.05. The first kappa shape index (κ1) is 23.3. The normalized spacial score (nSPS) is 11.8. The van der Waals surface area contributed by atoms with Crippen LogP contribution in [0.4, 0.5) is 10.1 Å². The number of nitrogens with one attached hydrogen (secondary N) is 1. The smallest absolute Gasteiger partial charge is 0.248 e. The molecule has 1 amide bonds. The summed E-state index contributed by atoms with van der Waals surface area (Å²) in [6, 6.07) is 17.9. The van der Waals surface area contributed by atoms with Crippen LogP contribution in [0, 0.1) is 5.82 Å². The summed E-state index contributed by atoms with van der Waals surface area (Å²) in [6.07, 6.45) is 3.22. The lowest BCUT2D eigenvalue weighted by Gasteiger charge is -2.12. The zero-order valence-corrected chi connectivity index (χ0v) is 19.8. The van der Waals surface area contributed by atoms with E-state index in [1.54, 1.807) is 24.5 Å². The number of halogens is 1. The van der Waals surface area contributed by atoms with Gasteiger partial charge >= 0.3 is 0 Å². The molecule has 0 spiro atoms. The predicted octanol–water partition coefficient (Wildman–Crippen LogP) is 7.80. The van der Waals surface area contributed by atoms with Crippen molar-refractivity contribution in [2.24, 2.45) is 0 Å². The maximum atomic E-state index is 13.4. The fraction of sp³-hybridized carbons (Fsp3) is 0.207. The molecule has 5 heteroatoms. The molecule has 1 heterocycles. The van der Waals surface area contributed by atoms with Crippen molar-refractivity contribution < 1.29 is 18.3 Å². The summed E-state index contributed by atoms with van der Waals surface area (Å²) in [4.78, 5) is 12.7. The molecule has 0 atom stereocenters. The second-order valence-corrected chi connectivity index (χ2v) is 8.53. The maximum Gasteiger partial charge on any atom is 0.248 e. The summed E-state index contributed by atoms with van der Waals surface area (Å²) in [7, 11) is 0. The molecule has 0 fully saturated rings. The summed E-state index contributed by atoms with van der Waals surface area (Å²) in [5.74, 6) is 0.558. The van der Waals surface area contributed by atoms with Crippen molar-refractivity contribution in [2.45, 2.75) is 33.6 Å². The third-order valence-corrected chi connectivity index (χ3v) is 5.75. The number of amides is 1. The fourth-order valence-corrected chi connectivity index (χ4v) is 3.90. The lowest BCUT2D eigenvalue weighted by Crippen LogP contribution is -2.09. The van der Waals surface area contributed by atoms with Gasteiger partial charge < -0.3 is 14.5 Å². The predicted molar refractivity (Wildman–Crippen MR) is 136 cm³/mol. The Morgan fingerprint density at radius 2 is 1.79 bits per heavy atom. The summed E-state index contributed by atoms with van der Waals surface area (Å²) in [5, 5.41) is 3.79. The minimum atomic E-state index is -0.292. The van der Waals surface area contributed by atoms with Gasteiger partial charge in [0.05, 0.1) is 12.9 Å². The second kappa shape index (κ2) is 9.96. The molecule has 34 heavy (non-hydrogen) atoms. The second-order valence-electron chi connectivity index (χ2n) is 8.53. The van der Waals surface area contributed by atoms with Crippen LogP contribution in [0.2, 0.25) is 0 Å². The van der Waals surface area contributed by atoms with Crippen LogP contribution >= 0.6 is 0 Å². The van der Waals surface area contributed by atoms with E-state index in [4.69, 9.17) is 9.15 Å². The number of benzene rings is 3. The lowest BCUT2D eigenvalue weighted by atomic mass is 9.99. The topological polar surface area (TPSA) is 51.5 Å². The number of carbonyl (C=O) groups is 1. The molecule has 0 unspecified atom stereocenters. The third-order valence-electron chi connectivity index (χ3n) is 5.75. The molecule has 4 nitrogen and oxygen atoms in total. The van der Waals surface area contributed by atoms with Gasteiger partial charge in [0.25, 0.3) is 0 Å². The van der Waals surface area contributed by atoms with E-state index in [-0.39, 0.29) is 11.7 Å². The molecular formula is C29H28FNO3. The molecule has 1 N–H and O–H groups in total. The standard InChI is InChI=1S/C29H28FNO3/c1-5-33-27-16-28-25(26(17-34-28)21-6-10-22(30)11-7-21)15-24(27)19(4)14-29(32)31-23-12-8-20(9-13-23)18(2)3/h6-18H,5H2,1-4H3,(H,31,32)/b19-14+. The van der Waals surface area contributed by atoms with Crippen molar-refractivity contribution in [2.75, 3.05) is 11.9 Å². The number of fused-ring (bicyclic) bond motifs is 1. The van der Waals surface area contributed by atoms with Crippen LogP contribution in [0.3, 0.4) is 0 Å². The van der Waals surface area contributed by atoms with Gasteiger partial charge in [-0.3, -0.25) is 4.79 Å². The van der Waals surface area contributed by atoms with Crippen molar-refractivity contribution in [1.82, 2.24) is 0 Å². The Hall–Kier alpha value is -3.86. The molecule has 0 aliphatic heterocycles. The van der Waals surface area contributed by atoms with Gasteiger partial charge in [0, 0.05) is 34.3 Å². The largest absolute Gasteiger partial charge is 0.493 e. The van der Waals surface area contributed by atoms with Gasteiger partial charge in [0.15, 0.2) is 0 Å². The molecule has 3 aromatic carbocycles. The summed E-state index contributed by atoms with van der Waals surface area (Å²) in [6.45, 7) is 8.53. The highest BCUT2D eigenvalue weighted by Crippen LogP contribution is 2.37. The van der Waals surface area contributed by atoms with E-state index in [0.717, 1.165) is 33.3 Å². The van der Waals surface area contributed by atoms with Gasteiger partial charge in [-0.25, -0.2) is 4.39 Å². The monoisotopic (exact) mass is 457 g/mol. The first-order valence-electron chi connectivity index (χ1n) is 11.4. The SMILES string of the molecule is CCOc1cc2occ(-c3ccc(F)cc3)c2cc1/C(C)=C/C(=O)Nc1ccc(C(C)C)cc1. The molecule has 174 valence electrons. The zero-order valence-electron chi connectivity index (χ0n) is 19.8. The van der Waals surface area contributed by atoms with Gasteiger partial charge in [-0.2, -0.15) is 0 Å². The van der Waals surface area contributed by atoms with Gasteiger partial charge in [-0.15, -0.1) is 0 Å². The number of anilines is 1. The Bertz CT molecular complexity index is 1330. The minimum absolute atomic E-state index is 0.219. The van der Waals surface area contributed by atoms with Crippen molar-refractivity contribution >= 4 is 28.1 Å². The first-order valence-corrected chi connectivity index (χ1v) is 11.4. The van der Waals surface area contributed by atoms with Crippen molar-refractivity contribution in [3.05, 3.63) is 89.9 Å². The van der Waals surface area contributed by atoms with E-state index < -0.39 is 0 Å². The summed E-state index contributed by atoms with van der Waals surface area (Å²) < 4.78 is 25.0. The van der Waals surface area contributed by atoms with Crippen LogP contribution in [0.25, 0.3) is 27.7 Å². The fourth-order valence-electron chi connectivity index (χ4n) is 3.90. The van der Waals surface area contributed by atoms with Crippen LogP contribution in [-0.2, 0) is 4.79 Å². The quantitative estimate of drug-likeness (QED) is 0.288. The van der Waals surface area contributed by atoms with E-state index in [0.29, 0.717) is 23.9 Å². The van der Waals surface area contributed by atoms with Crippen LogP contribution in [0.1, 0.15) is 44.7 Å². The van der Waals surface area contributed by atoms with Crippen LogP contribution in [-0.4, -0.2) is 12.5 Å². The molecule has 1 aromatic heterocycles. The molecule has 0 bridgehead atoms. The summed E-state index contributed by atoms with van der Waals surface area (Å²) >= 11 is 0. The third kappa shape index (κ3) is 5.04. The van der Waals surface area contributed by atoms with E-state index >= 15 is 0 Å². The van der Waals surface area contributed by atoms with Crippen molar-refractivity contribution in [3.63, 3.8) is 0 Å². The Morgan fingerprint density at radius 3 is 2.44 bits per heavy atom. The highest BCUT2D eigenvalue weighted by atomic mass is 19.1. The molecule has 0 aliphatic carbocycles. The van der Waals surface area contributed by atoms with Crippen LogP contribution in [0.15, 0.2) is 77.4 Å². The molecular weight excluding hydrogens is 429 g/mol. The Kier molecular flexibility index (Phi) is 6.82. The van der Waals surface area contributed by atoms with E-state index in [9.17, 15) is 9.18 Å². The molecule has 0 saturated carbocycles. The number of furan rings is 1. The Balaban J connectivity index is 1.67. The molecule has 0 saturated heterocycles. The molecule has 4 aromatic rings. The van der Waals surface area contributed by atoms with Gasteiger partial charge in [0.2, 0.25) is 5.91 Å². The van der Waals surface area contributed by atoms with Gasteiger partial charge in [-0.05, 0) is 66.8 Å². The average Bonchev–Trinajstić information content (AvgIpc) is 3.22. The van der Waals surface area contributed by atoms with E-state index in [2.05, 4.69) is 19.2 Å². The van der Waals surface area contributed by atoms with Crippen LogP contribution < -0.4 is 10.1 Å². The van der Waals surface area contributed by atoms with Crippen molar-refractivity contribution in [1.29, 1.82) is 0 Å². The van der Waals surface area contributed by atoms with Crippen molar-refractivity contribution in [3.8, 4) is 16.9 Å². The zero-order chi connectivity index (χ0) is 24.2. The number of hydrogen-bond donors (Lipinski definition) is 1.